The highest BCUT2D eigenvalue weighted by molar-refractivity contribution is 7.11. The molecule has 3 aromatic rings. The van der Waals surface area contributed by atoms with Crippen LogP contribution in [-0.4, -0.2) is 4.98 Å². The number of allylic oxidation sites excluding steroid dienone is 1. The molecular formula is C20H16N2S. The Labute approximate surface area is 140 Å². The van der Waals surface area contributed by atoms with Crippen molar-refractivity contribution in [2.75, 3.05) is 0 Å². The average Bonchev–Trinajstić information content (AvgIpc) is 3.03. The normalized spacial score (nSPS) is 11.3. The minimum absolute atomic E-state index is 0.596. The highest BCUT2D eigenvalue weighted by atomic mass is 32.1. The molecule has 0 N–H and O–H groups in total. The fourth-order valence-electron chi connectivity index (χ4n) is 2.32. The van der Waals surface area contributed by atoms with Crippen molar-refractivity contribution in [1.82, 2.24) is 4.98 Å². The number of benzene rings is 2. The summed E-state index contributed by atoms with van der Waals surface area (Å²) in [6, 6.07) is 18.6. The van der Waals surface area contributed by atoms with Gasteiger partial charge in [-0.15, -0.1) is 11.3 Å². The van der Waals surface area contributed by atoms with Gasteiger partial charge in [0.2, 0.25) is 0 Å². The van der Waals surface area contributed by atoms with Crippen LogP contribution in [0.1, 0.15) is 21.7 Å². The third kappa shape index (κ3) is 3.56. The molecule has 0 fully saturated rings. The van der Waals surface area contributed by atoms with Crippen molar-refractivity contribution in [2.45, 2.75) is 13.8 Å². The van der Waals surface area contributed by atoms with Crippen LogP contribution in [0.4, 0.5) is 0 Å². The molecule has 2 aromatic carbocycles. The maximum absolute atomic E-state index is 9.47. The van der Waals surface area contributed by atoms with E-state index in [1.54, 1.807) is 0 Å². The number of nitrogens with zero attached hydrogens (tertiary/aromatic N) is 2. The zero-order valence-corrected chi connectivity index (χ0v) is 13.9. The van der Waals surface area contributed by atoms with Gasteiger partial charge in [0.25, 0.3) is 0 Å². The van der Waals surface area contributed by atoms with Crippen LogP contribution in [0.25, 0.3) is 22.9 Å². The van der Waals surface area contributed by atoms with Gasteiger partial charge in [0.05, 0.1) is 11.3 Å². The fourth-order valence-corrected chi connectivity index (χ4v) is 3.12. The lowest BCUT2D eigenvalue weighted by Crippen LogP contribution is -1.83. The van der Waals surface area contributed by atoms with Gasteiger partial charge >= 0.3 is 0 Å². The van der Waals surface area contributed by atoms with Gasteiger partial charge in [-0.05, 0) is 25.5 Å². The standard InChI is InChI=1S/C20H16N2S/c1-14-6-8-17(9-7-14)19-13-23-20(22-19)18(12-21)11-16-5-3-4-15(2)10-16/h3-11,13H,1-2H3/b18-11+. The number of nitriles is 1. The SMILES string of the molecule is Cc1ccc(-c2csc(/C(C#N)=C/c3cccc(C)c3)n2)cc1. The molecule has 1 heterocycles. The van der Waals surface area contributed by atoms with Crippen LogP contribution >= 0.6 is 11.3 Å². The van der Waals surface area contributed by atoms with E-state index in [4.69, 9.17) is 0 Å². The molecule has 3 rings (SSSR count). The van der Waals surface area contributed by atoms with Gasteiger partial charge in [0.15, 0.2) is 0 Å². The van der Waals surface area contributed by atoms with Gasteiger partial charge in [0.1, 0.15) is 11.1 Å². The van der Waals surface area contributed by atoms with Crippen molar-refractivity contribution >= 4 is 23.0 Å². The summed E-state index contributed by atoms with van der Waals surface area (Å²) in [6.07, 6.45) is 1.89. The molecule has 0 unspecified atom stereocenters. The van der Waals surface area contributed by atoms with Crippen molar-refractivity contribution in [3.63, 3.8) is 0 Å². The molecule has 0 saturated carbocycles. The second kappa shape index (κ2) is 6.60. The van der Waals surface area contributed by atoms with Crippen molar-refractivity contribution in [3.05, 3.63) is 75.6 Å². The number of aromatic nitrogens is 1. The quantitative estimate of drug-likeness (QED) is 0.599. The number of thiazole rings is 1. The summed E-state index contributed by atoms with van der Waals surface area (Å²) in [7, 11) is 0. The van der Waals surface area contributed by atoms with Crippen LogP contribution in [0.2, 0.25) is 0 Å². The van der Waals surface area contributed by atoms with Gasteiger partial charge in [-0.1, -0.05) is 59.7 Å². The predicted octanol–water partition coefficient (Wildman–Crippen LogP) is 5.49. The van der Waals surface area contributed by atoms with E-state index < -0.39 is 0 Å². The number of hydrogen-bond donors (Lipinski definition) is 0. The first kappa shape index (κ1) is 15.2. The molecule has 0 aliphatic carbocycles. The maximum Gasteiger partial charge on any atom is 0.134 e. The molecular weight excluding hydrogens is 300 g/mol. The first-order chi connectivity index (χ1) is 11.2. The Bertz CT molecular complexity index is 896. The van der Waals surface area contributed by atoms with E-state index >= 15 is 0 Å². The van der Waals surface area contributed by atoms with E-state index in [0.717, 1.165) is 21.8 Å². The second-order valence-electron chi connectivity index (χ2n) is 5.49. The molecule has 3 heteroatoms. The highest BCUT2D eigenvalue weighted by Gasteiger charge is 2.09. The minimum Gasteiger partial charge on any atom is -0.235 e. The van der Waals surface area contributed by atoms with Gasteiger partial charge in [-0.3, -0.25) is 0 Å². The lowest BCUT2D eigenvalue weighted by atomic mass is 10.1. The summed E-state index contributed by atoms with van der Waals surface area (Å²) in [5.74, 6) is 0. The molecule has 0 amide bonds. The van der Waals surface area contributed by atoms with Crippen molar-refractivity contribution in [2.24, 2.45) is 0 Å². The second-order valence-corrected chi connectivity index (χ2v) is 6.35. The molecule has 2 nitrogen and oxygen atoms in total. The van der Waals surface area contributed by atoms with Crippen LogP contribution in [0.15, 0.2) is 53.9 Å². The lowest BCUT2D eigenvalue weighted by Gasteiger charge is -1.98. The van der Waals surface area contributed by atoms with E-state index in [2.05, 4.69) is 48.3 Å². The molecule has 0 bridgehead atoms. The van der Waals surface area contributed by atoms with Crippen molar-refractivity contribution in [3.8, 4) is 17.3 Å². The van der Waals surface area contributed by atoms with Gasteiger partial charge in [-0.25, -0.2) is 4.98 Å². The Hall–Kier alpha value is -2.70. The predicted molar refractivity (Wildman–Crippen MR) is 97.0 cm³/mol. The zero-order valence-electron chi connectivity index (χ0n) is 13.1. The van der Waals surface area contributed by atoms with Gasteiger partial charge < -0.3 is 0 Å². The summed E-state index contributed by atoms with van der Waals surface area (Å²) in [5.41, 5.74) is 6.01. The van der Waals surface area contributed by atoms with Crippen LogP contribution < -0.4 is 0 Å². The molecule has 112 valence electrons. The third-order valence-corrected chi connectivity index (χ3v) is 4.43. The summed E-state index contributed by atoms with van der Waals surface area (Å²) in [5, 5.41) is 12.2. The monoisotopic (exact) mass is 316 g/mol. The lowest BCUT2D eigenvalue weighted by molar-refractivity contribution is 1.36. The molecule has 0 radical (unpaired) electrons. The molecule has 1 aromatic heterocycles. The fraction of sp³-hybridized carbons (Fsp3) is 0.100. The van der Waals surface area contributed by atoms with Gasteiger partial charge in [-0.2, -0.15) is 5.26 Å². The Balaban J connectivity index is 1.94. The van der Waals surface area contributed by atoms with Crippen molar-refractivity contribution < 1.29 is 0 Å². The minimum atomic E-state index is 0.596. The summed E-state index contributed by atoms with van der Waals surface area (Å²) >= 11 is 1.50. The first-order valence-corrected chi connectivity index (χ1v) is 8.25. The molecule has 0 aliphatic heterocycles. The highest BCUT2D eigenvalue weighted by Crippen LogP contribution is 2.27. The van der Waals surface area contributed by atoms with E-state index in [1.165, 1.54) is 22.5 Å². The number of aryl methyl sites for hydroxylation is 2. The average molecular weight is 316 g/mol. The summed E-state index contributed by atoms with van der Waals surface area (Å²) in [6.45, 7) is 4.11. The van der Waals surface area contributed by atoms with Crippen molar-refractivity contribution in [1.29, 1.82) is 5.26 Å². The Morgan fingerprint density at radius 3 is 2.57 bits per heavy atom. The summed E-state index contributed by atoms with van der Waals surface area (Å²) in [4.78, 5) is 4.63. The molecule has 0 spiro atoms. The van der Waals surface area contributed by atoms with E-state index in [1.807, 2.05) is 36.6 Å². The Morgan fingerprint density at radius 1 is 1.09 bits per heavy atom. The van der Waals surface area contributed by atoms with Crippen LogP contribution in [-0.2, 0) is 0 Å². The molecule has 0 atom stereocenters. The van der Waals surface area contributed by atoms with Crippen LogP contribution in [0.3, 0.4) is 0 Å². The van der Waals surface area contributed by atoms with E-state index in [-0.39, 0.29) is 0 Å². The maximum atomic E-state index is 9.47. The van der Waals surface area contributed by atoms with E-state index in [0.29, 0.717) is 5.57 Å². The summed E-state index contributed by atoms with van der Waals surface area (Å²) < 4.78 is 0. The topological polar surface area (TPSA) is 36.7 Å². The van der Waals surface area contributed by atoms with Gasteiger partial charge in [0, 0.05) is 10.9 Å². The first-order valence-electron chi connectivity index (χ1n) is 7.37. The number of hydrogen-bond acceptors (Lipinski definition) is 3. The molecule has 0 aliphatic rings. The van der Waals surface area contributed by atoms with Crippen LogP contribution in [0, 0.1) is 25.2 Å². The number of rotatable bonds is 3. The Morgan fingerprint density at radius 2 is 1.87 bits per heavy atom. The third-order valence-electron chi connectivity index (χ3n) is 3.56. The zero-order chi connectivity index (χ0) is 16.2. The van der Waals surface area contributed by atoms with Crippen LogP contribution in [0.5, 0.6) is 0 Å². The molecule has 0 saturated heterocycles. The smallest absolute Gasteiger partial charge is 0.134 e. The van der Waals surface area contributed by atoms with E-state index in [9.17, 15) is 5.26 Å². The largest absolute Gasteiger partial charge is 0.235 e. The molecule has 23 heavy (non-hydrogen) atoms. The Kier molecular flexibility index (Phi) is 4.36.